The zero-order valence-electron chi connectivity index (χ0n) is 16.7. The summed E-state index contributed by atoms with van der Waals surface area (Å²) in [6.07, 6.45) is 0. The third-order valence-electron chi connectivity index (χ3n) is 4.12. The Morgan fingerprint density at radius 1 is 1.10 bits per heavy atom. The van der Waals surface area contributed by atoms with Crippen molar-refractivity contribution in [3.63, 3.8) is 0 Å². The number of aromatic nitrogens is 2. The third-order valence-corrected chi connectivity index (χ3v) is 6.45. The molecule has 0 saturated heterocycles. The normalized spacial score (nSPS) is 12.0. The summed E-state index contributed by atoms with van der Waals surface area (Å²) in [5, 5.41) is 21.9. The van der Waals surface area contributed by atoms with E-state index in [1.807, 2.05) is 36.4 Å². The maximum atomic E-state index is 12.9. The van der Waals surface area contributed by atoms with Gasteiger partial charge in [0.1, 0.15) is 22.6 Å². The first-order valence-corrected chi connectivity index (χ1v) is 11.8. The zero-order valence-corrected chi connectivity index (χ0v) is 18.3. The SMILES string of the molecule is C[C@H](CO)Nc1cc(NS(=O)(=O)c2ccccc2C#N)nc(SCc2ccccc2)n1. The van der Waals surface area contributed by atoms with Crippen molar-refractivity contribution in [3.8, 4) is 6.07 Å². The van der Waals surface area contributed by atoms with Gasteiger partial charge in [0.25, 0.3) is 10.0 Å². The van der Waals surface area contributed by atoms with E-state index in [2.05, 4.69) is 20.0 Å². The molecule has 0 spiro atoms. The Hall–Kier alpha value is -3.13. The summed E-state index contributed by atoms with van der Waals surface area (Å²) in [5.74, 6) is 1.04. The van der Waals surface area contributed by atoms with E-state index < -0.39 is 10.0 Å². The maximum Gasteiger partial charge on any atom is 0.264 e. The Morgan fingerprint density at radius 3 is 2.48 bits per heavy atom. The molecule has 1 heterocycles. The molecule has 0 aliphatic carbocycles. The van der Waals surface area contributed by atoms with Crippen molar-refractivity contribution in [2.75, 3.05) is 16.6 Å². The topological polar surface area (TPSA) is 128 Å². The van der Waals surface area contributed by atoms with Gasteiger partial charge in [-0.1, -0.05) is 54.2 Å². The summed E-state index contributed by atoms with van der Waals surface area (Å²) in [5.41, 5.74) is 1.11. The summed E-state index contributed by atoms with van der Waals surface area (Å²) >= 11 is 1.35. The van der Waals surface area contributed by atoms with Crippen LogP contribution in [0.3, 0.4) is 0 Å². The van der Waals surface area contributed by atoms with E-state index in [-0.39, 0.29) is 28.9 Å². The van der Waals surface area contributed by atoms with Gasteiger partial charge in [0.2, 0.25) is 0 Å². The summed E-state index contributed by atoms with van der Waals surface area (Å²) in [7, 11) is -4.04. The molecule has 0 bridgehead atoms. The van der Waals surface area contributed by atoms with Crippen molar-refractivity contribution in [2.45, 2.75) is 28.8 Å². The smallest absolute Gasteiger partial charge is 0.264 e. The van der Waals surface area contributed by atoms with Crippen molar-refractivity contribution in [3.05, 3.63) is 71.8 Å². The van der Waals surface area contributed by atoms with Crippen LogP contribution in [-0.4, -0.2) is 36.1 Å². The van der Waals surface area contributed by atoms with Gasteiger partial charge in [0.15, 0.2) is 5.16 Å². The van der Waals surface area contributed by atoms with Crippen LogP contribution in [0.5, 0.6) is 0 Å². The van der Waals surface area contributed by atoms with Gasteiger partial charge in [-0.25, -0.2) is 18.4 Å². The van der Waals surface area contributed by atoms with Gasteiger partial charge in [-0.2, -0.15) is 5.26 Å². The van der Waals surface area contributed by atoms with Crippen molar-refractivity contribution < 1.29 is 13.5 Å². The first-order chi connectivity index (χ1) is 14.9. The summed E-state index contributed by atoms with van der Waals surface area (Å²) in [4.78, 5) is 8.61. The molecule has 0 unspecified atom stereocenters. The molecule has 160 valence electrons. The highest BCUT2D eigenvalue weighted by Gasteiger charge is 2.20. The molecule has 0 aliphatic rings. The van der Waals surface area contributed by atoms with Crippen LogP contribution >= 0.6 is 11.8 Å². The predicted octanol–water partition coefficient (Wildman–Crippen LogP) is 3.23. The summed E-state index contributed by atoms with van der Waals surface area (Å²) in [6, 6.07) is 18.7. The van der Waals surface area contributed by atoms with Crippen LogP contribution in [0, 0.1) is 11.3 Å². The Labute approximate surface area is 185 Å². The second-order valence-electron chi connectivity index (χ2n) is 6.64. The van der Waals surface area contributed by atoms with E-state index in [0.29, 0.717) is 16.7 Å². The predicted molar refractivity (Wildman–Crippen MR) is 120 cm³/mol. The van der Waals surface area contributed by atoms with Crippen LogP contribution < -0.4 is 10.0 Å². The Bertz CT molecular complexity index is 1180. The minimum absolute atomic E-state index is 0.0370. The lowest BCUT2D eigenvalue weighted by atomic mass is 10.2. The molecule has 0 amide bonds. The number of hydrogen-bond acceptors (Lipinski definition) is 8. The minimum atomic E-state index is -4.04. The van der Waals surface area contributed by atoms with Crippen molar-refractivity contribution in [2.24, 2.45) is 0 Å². The van der Waals surface area contributed by atoms with Crippen LogP contribution in [-0.2, 0) is 15.8 Å². The highest BCUT2D eigenvalue weighted by Crippen LogP contribution is 2.25. The largest absolute Gasteiger partial charge is 0.394 e. The first kappa shape index (κ1) is 22.6. The highest BCUT2D eigenvalue weighted by molar-refractivity contribution is 7.98. The minimum Gasteiger partial charge on any atom is -0.394 e. The Morgan fingerprint density at radius 2 is 1.77 bits per heavy atom. The van der Waals surface area contributed by atoms with E-state index in [4.69, 9.17) is 0 Å². The zero-order chi connectivity index (χ0) is 22.3. The van der Waals surface area contributed by atoms with Crippen molar-refractivity contribution in [1.29, 1.82) is 5.26 Å². The van der Waals surface area contributed by atoms with Gasteiger partial charge in [0.05, 0.1) is 12.2 Å². The molecule has 8 nitrogen and oxygen atoms in total. The molecule has 3 aromatic rings. The molecule has 10 heteroatoms. The van der Waals surface area contributed by atoms with E-state index in [1.54, 1.807) is 19.1 Å². The van der Waals surface area contributed by atoms with E-state index in [9.17, 15) is 18.8 Å². The molecule has 3 rings (SSSR count). The molecule has 1 atom stereocenters. The number of aliphatic hydroxyl groups is 1. The number of nitrogens with zero attached hydrogens (tertiary/aromatic N) is 3. The van der Waals surface area contributed by atoms with Crippen molar-refractivity contribution in [1.82, 2.24) is 9.97 Å². The standard InChI is InChI=1S/C21H21N5O3S2/c1-15(13-27)23-19-11-20(25-21(24-19)30-14-16-7-3-2-4-8-16)26-31(28,29)18-10-6-5-9-17(18)12-22/h2-11,15,27H,13-14H2,1H3,(H2,23,24,25,26)/t15-/m1/s1. The van der Waals surface area contributed by atoms with Crippen LogP contribution in [0.25, 0.3) is 0 Å². The number of nitrogens with one attached hydrogen (secondary N) is 2. The number of rotatable bonds is 9. The van der Waals surface area contributed by atoms with Crippen LogP contribution in [0.15, 0.2) is 70.7 Å². The van der Waals surface area contributed by atoms with Gasteiger partial charge < -0.3 is 10.4 Å². The number of aliphatic hydroxyl groups excluding tert-OH is 1. The second kappa shape index (κ2) is 10.3. The summed E-state index contributed by atoms with van der Waals surface area (Å²) < 4.78 is 28.2. The number of hydrogen-bond donors (Lipinski definition) is 3. The van der Waals surface area contributed by atoms with Crippen LogP contribution in [0.4, 0.5) is 11.6 Å². The number of sulfonamides is 1. The molecular formula is C21H21N5O3S2. The van der Waals surface area contributed by atoms with Crippen molar-refractivity contribution >= 4 is 33.4 Å². The third kappa shape index (κ3) is 6.18. The quantitative estimate of drug-likeness (QED) is 0.331. The van der Waals surface area contributed by atoms with E-state index >= 15 is 0 Å². The molecule has 0 fully saturated rings. The summed E-state index contributed by atoms with van der Waals surface area (Å²) in [6.45, 7) is 1.65. The lowest BCUT2D eigenvalue weighted by Gasteiger charge is -2.15. The highest BCUT2D eigenvalue weighted by atomic mass is 32.2. The fraction of sp³-hybridized carbons (Fsp3) is 0.190. The Kier molecular flexibility index (Phi) is 7.46. The maximum absolute atomic E-state index is 12.9. The lowest BCUT2D eigenvalue weighted by Crippen LogP contribution is -2.21. The fourth-order valence-electron chi connectivity index (χ4n) is 2.62. The average molecular weight is 456 g/mol. The molecule has 1 aromatic heterocycles. The molecule has 0 radical (unpaired) electrons. The number of anilines is 2. The fourth-order valence-corrected chi connectivity index (χ4v) is 4.59. The van der Waals surface area contributed by atoms with Gasteiger partial charge in [-0.15, -0.1) is 0 Å². The van der Waals surface area contributed by atoms with Crippen LogP contribution in [0.1, 0.15) is 18.1 Å². The molecule has 0 saturated carbocycles. The molecule has 0 aliphatic heterocycles. The number of nitriles is 1. The first-order valence-electron chi connectivity index (χ1n) is 9.36. The van der Waals surface area contributed by atoms with Gasteiger partial charge in [-0.05, 0) is 24.6 Å². The monoisotopic (exact) mass is 455 g/mol. The second-order valence-corrected chi connectivity index (χ2v) is 9.23. The number of thioether (sulfide) groups is 1. The average Bonchev–Trinajstić information content (AvgIpc) is 2.77. The van der Waals surface area contributed by atoms with E-state index in [1.165, 1.54) is 30.0 Å². The number of benzene rings is 2. The van der Waals surface area contributed by atoms with Gasteiger partial charge in [-0.3, -0.25) is 4.72 Å². The van der Waals surface area contributed by atoms with E-state index in [0.717, 1.165) is 5.56 Å². The molecular weight excluding hydrogens is 434 g/mol. The van der Waals surface area contributed by atoms with Gasteiger partial charge in [0, 0.05) is 17.9 Å². The molecule has 31 heavy (non-hydrogen) atoms. The molecule has 3 N–H and O–H groups in total. The molecule has 2 aromatic carbocycles. The Balaban J connectivity index is 1.90. The van der Waals surface area contributed by atoms with Gasteiger partial charge >= 0.3 is 0 Å². The lowest BCUT2D eigenvalue weighted by molar-refractivity contribution is 0.281. The van der Waals surface area contributed by atoms with Crippen LogP contribution in [0.2, 0.25) is 0 Å².